The number of nitrogens with zero attached hydrogens (tertiary/aromatic N) is 5. The van der Waals surface area contributed by atoms with Gasteiger partial charge in [-0.3, -0.25) is 14.4 Å². The van der Waals surface area contributed by atoms with Crippen LogP contribution in [0.25, 0.3) is 5.69 Å². The van der Waals surface area contributed by atoms with E-state index in [9.17, 15) is 4.79 Å². The van der Waals surface area contributed by atoms with Crippen molar-refractivity contribution < 1.29 is 4.79 Å². The maximum Gasteiger partial charge on any atom is 0.241 e. The second kappa shape index (κ2) is 8.18. The molecular formula is C20H24N6O. The van der Waals surface area contributed by atoms with Crippen molar-refractivity contribution in [1.29, 1.82) is 0 Å². The van der Waals surface area contributed by atoms with Crippen molar-refractivity contribution in [2.45, 2.75) is 31.8 Å². The van der Waals surface area contributed by atoms with E-state index in [1.807, 2.05) is 53.5 Å². The van der Waals surface area contributed by atoms with Gasteiger partial charge < -0.3 is 5.32 Å². The molecule has 1 amide bonds. The molecule has 140 valence electrons. The number of hydrogen-bond donors (Lipinski definition) is 1. The third-order valence-corrected chi connectivity index (χ3v) is 4.94. The van der Waals surface area contributed by atoms with E-state index in [1.165, 1.54) is 0 Å². The maximum atomic E-state index is 12.8. The first-order valence-corrected chi connectivity index (χ1v) is 9.42. The third kappa shape index (κ3) is 4.25. The average Bonchev–Trinajstić information content (AvgIpc) is 3.44. The number of aromatic nitrogens is 4. The first-order chi connectivity index (χ1) is 13.3. The van der Waals surface area contributed by atoms with E-state index >= 15 is 0 Å². The summed E-state index contributed by atoms with van der Waals surface area (Å²) in [5, 5.41) is 11.6. The Hall–Kier alpha value is -2.93. The highest BCUT2D eigenvalue weighted by atomic mass is 16.2. The molecule has 0 aliphatic carbocycles. The summed E-state index contributed by atoms with van der Waals surface area (Å²) in [6, 6.07) is 11.5. The molecule has 1 fully saturated rings. The van der Waals surface area contributed by atoms with Crippen molar-refractivity contribution in [2.75, 3.05) is 18.4 Å². The molecule has 7 heteroatoms. The van der Waals surface area contributed by atoms with E-state index < -0.39 is 0 Å². The normalized spacial score (nSPS) is 17.3. The van der Waals surface area contributed by atoms with Crippen LogP contribution in [-0.2, 0) is 11.3 Å². The Bertz CT molecular complexity index is 859. The van der Waals surface area contributed by atoms with Gasteiger partial charge in [-0.05, 0) is 56.1 Å². The zero-order chi connectivity index (χ0) is 18.5. The fraction of sp³-hybridized carbons (Fsp3) is 0.350. The summed E-state index contributed by atoms with van der Waals surface area (Å²) in [5.41, 5.74) is 1.73. The highest BCUT2D eigenvalue weighted by Crippen LogP contribution is 2.20. The predicted molar refractivity (Wildman–Crippen MR) is 104 cm³/mol. The molecule has 0 radical (unpaired) electrons. The number of carbonyl (C=O) groups is 1. The second-order valence-corrected chi connectivity index (χ2v) is 6.81. The number of nitrogens with one attached hydrogen (secondary N) is 1. The smallest absolute Gasteiger partial charge is 0.241 e. The molecule has 3 heterocycles. The van der Waals surface area contributed by atoms with Crippen LogP contribution in [0.4, 0.5) is 5.69 Å². The third-order valence-electron chi connectivity index (χ3n) is 4.94. The molecule has 4 rings (SSSR count). The molecule has 1 saturated heterocycles. The molecule has 1 N–H and O–H groups in total. The van der Waals surface area contributed by atoms with Crippen molar-refractivity contribution in [3.8, 4) is 5.69 Å². The quantitative estimate of drug-likeness (QED) is 0.700. The van der Waals surface area contributed by atoms with Gasteiger partial charge in [-0.15, -0.1) is 0 Å². The largest absolute Gasteiger partial charge is 0.325 e. The second-order valence-electron chi connectivity index (χ2n) is 6.81. The van der Waals surface area contributed by atoms with Gasteiger partial charge in [-0.25, -0.2) is 4.68 Å². The Morgan fingerprint density at radius 1 is 1.11 bits per heavy atom. The minimum atomic E-state index is -0.0593. The zero-order valence-electron chi connectivity index (χ0n) is 15.2. The number of aryl methyl sites for hydroxylation is 1. The standard InChI is InChI=1S/C20H24N6O/c27-20(23-17-6-1-7-18(16-17)26-15-4-10-22-26)19-8-2-11-24(19)12-5-14-25-13-3-9-21-25/h1,3-4,6-7,9-10,13,15-16,19H,2,5,8,11-12,14H2,(H,23,27). The van der Waals surface area contributed by atoms with Crippen molar-refractivity contribution in [3.05, 3.63) is 61.2 Å². The van der Waals surface area contributed by atoms with E-state index in [-0.39, 0.29) is 11.9 Å². The molecule has 1 aromatic carbocycles. The summed E-state index contributed by atoms with van der Waals surface area (Å²) in [7, 11) is 0. The van der Waals surface area contributed by atoms with Crippen LogP contribution in [0.1, 0.15) is 19.3 Å². The summed E-state index contributed by atoms with van der Waals surface area (Å²) < 4.78 is 3.72. The molecular weight excluding hydrogens is 340 g/mol. The zero-order valence-corrected chi connectivity index (χ0v) is 15.2. The van der Waals surface area contributed by atoms with Gasteiger partial charge in [0.2, 0.25) is 5.91 Å². The summed E-state index contributed by atoms with van der Waals surface area (Å²) in [6.45, 7) is 2.76. The number of amides is 1. The molecule has 1 atom stereocenters. The van der Waals surface area contributed by atoms with Gasteiger partial charge in [0.15, 0.2) is 0 Å². The van der Waals surface area contributed by atoms with E-state index in [2.05, 4.69) is 20.4 Å². The number of likely N-dealkylation sites (tertiary alicyclic amines) is 1. The highest BCUT2D eigenvalue weighted by molar-refractivity contribution is 5.95. The molecule has 1 aliphatic rings. The molecule has 7 nitrogen and oxygen atoms in total. The average molecular weight is 364 g/mol. The molecule has 0 bridgehead atoms. The van der Waals surface area contributed by atoms with Crippen molar-refractivity contribution in [3.63, 3.8) is 0 Å². The van der Waals surface area contributed by atoms with E-state index in [0.717, 1.165) is 50.3 Å². The fourth-order valence-electron chi connectivity index (χ4n) is 3.63. The lowest BCUT2D eigenvalue weighted by atomic mass is 10.2. The summed E-state index contributed by atoms with van der Waals surface area (Å²) in [6.07, 6.45) is 10.4. The van der Waals surface area contributed by atoms with Crippen LogP contribution in [0.2, 0.25) is 0 Å². The molecule has 0 spiro atoms. The Balaban J connectivity index is 1.35. The molecule has 27 heavy (non-hydrogen) atoms. The van der Waals surface area contributed by atoms with Crippen molar-refractivity contribution >= 4 is 11.6 Å². The van der Waals surface area contributed by atoms with Gasteiger partial charge in [0.25, 0.3) is 0 Å². The van der Waals surface area contributed by atoms with Crippen LogP contribution >= 0.6 is 0 Å². The lowest BCUT2D eigenvalue weighted by Crippen LogP contribution is -2.40. The molecule has 1 aliphatic heterocycles. The fourth-order valence-corrected chi connectivity index (χ4v) is 3.63. The van der Waals surface area contributed by atoms with Crippen LogP contribution in [-0.4, -0.2) is 49.5 Å². The van der Waals surface area contributed by atoms with Crippen LogP contribution in [0.15, 0.2) is 61.2 Å². The minimum absolute atomic E-state index is 0.0593. The van der Waals surface area contributed by atoms with Crippen LogP contribution < -0.4 is 5.32 Å². The molecule has 0 saturated carbocycles. The van der Waals surface area contributed by atoms with Gasteiger partial charge in [-0.1, -0.05) is 6.07 Å². The monoisotopic (exact) mass is 364 g/mol. The maximum absolute atomic E-state index is 12.8. The van der Waals surface area contributed by atoms with E-state index in [4.69, 9.17) is 0 Å². The van der Waals surface area contributed by atoms with Crippen LogP contribution in [0, 0.1) is 0 Å². The minimum Gasteiger partial charge on any atom is -0.325 e. The molecule has 3 aromatic rings. The lowest BCUT2D eigenvalue weighted by molar-refractivity contribution is -0.120. The van der Waals surface area contributed by atoms with Crippen molar-refractivity contribution in [1.82, 2.24) is 24.5 Å². The Morgan fingerprint density at radius 2 is 2.00 bits per heavy atom. The Kier molecular flexibility index (Phi) is 5.29. The van der Waals surface area contributed by atoms with E-state index in [1.54, 1.807) is 17.1 Å². The number of carbonyl (C=O) groups excluding carboxylic acids is 1. The number of benzene rings is 1. The number of hydrogen-bond acceptors (Lipinski definition) is 4. The lowest BCUT2D eigenvalue weighted by Gasteiger charge is -2.23. The predicted octanol–water partition coefficient (Wildman–Crippen LogP) is 2.56. The van der Waals surface area contributed by atoms with Gasteiger partial charge in [0.05, 0.1) is 11.7 Å². The Labute approximate surface area is 158 Å². The van der Waals surface area contributed by atoms with Crippen molar-refractivity contribution in [2.24, 2.45) is 0 Å². The van der Waals surface area contributed by atoms with Gasteiger partial charge in [0.1, 0.15) is 0 Å². The highest BCUT2D eigenvalue weighted by Gasteiger charge is 2.30. The van der Waals surface area contributed by atoms with Gasteiger partial charge in [-0.2, -0.15) is 10.2 Å². The summed E-state index contributed by atoms with van der Waals surface area (Å²) >= 11 is 0. The van der Waals surface area contributed by atoms with E-state index in [0.29, 0.717) is 0 Å². The first-order valence-electron chi connectivity index (χ1n) is 9.42. The van der Waals surface area contributed by atoms with Gasteiger partial charge in [0, 0.05) is 43.6 Å². The van der Waals surface area contributed by atoms with Crippen LogP contribution in [0.5, 0.6) is 0 Å². The number of anilines is 1. The SMILES string of the molecule is O=C(Nc1cccc(-n2cccn2)c1)C1CCCN1CCCn1cccn1. The first kappa shape index (κ1) is 17.5. The summed E-state index contributed by atoms with van der Waals surface area (Å²) in [5.74, 6) is 0.0733. The number of rotatable bonds is 7. The Morgan fingerprint density at radius 3 is 2.81 bits per heavy atom. The van der Waals surface area contributed by atoms with Gasteiger partial charge >= 0.3 is 0 Å². The molecule has 1 unspecified atom stereocenters. The summed E-state index contributed by atoms with van der Waals surface area (Å²) in [4.78, 5) is 15.1. The topological polar surface area (TPSA) is 68.0 Å². The molecule has 2 aromatic heterocycles. The van der Waals surface area contributed by atoms with Crippen LogP contribution in [0.3, 0.4) is 0 Å².